The van der Waals surface area contributed by atoms with Crippen LogP contribution in [-0.4, -0.2) is 42.6 Å². The number of aromatic amines is 2. The summed E-state index contributed by atoms with van der Waals surface area (Å²) in [7, 11) is 0. The molecule has 1 aromatic carbocycles. The Kier molecular flexibility index (Phi) is 5.36. The lowest BCUT2D eigenvalue weighted by Crippen LogP contribution is -2.42. The van der Waals surface area contributed by atoms with Gasteiger partial charge in [0.15, 0.2) is 6.10 Å². The first kappa shape index (κ1) is 22.2. The zero-order valence-corrected chi connectivity index (χ0v) is 20.2. The number of H-pyrrole nitrogens is 2. The Morgan fingerprint density at radius 3 is 2.86 bits per heavy atom. The van der Waals surface area contributed by atoms with Gasteiger partial charge in [0, 0.05) is 34.6 Å². The van der Waals surface area contributed by atoms with Crippen LogP contribution >= 0.6 is 22.9 Å². The summed E-state index contributed by atoms with van der Waals surface area (Å²) in [6.45, 7) is 0.501. The molecule has 10 heteroatoms. The number of aliphatic hydroxyl groups excluding tert-OH is 1. The highest BCUT2D eigenvalue weighted by Gasteiger charge is 2.50. The normalized spacial score (nSPS) is 17.1. The quantitative estimate of drug-likeness (QED) is 0.382. The molecular formula is C25H22ClN5O3S. The summed E-state index contributed by atoms with van der Waals surface area (Å²) in [4.78, 5) is 36.6. The van der Waals surface area contributed by atoms with Gasteiger partial charge in [-0.1, -0.05) is 23.7 Å². The molecule has 1 saturated carbocycles. The molecule has 2 aliphatic rings. The summed E-state index contributed by atoms with van der Waals surface area (Å²) in [5, 5.41) is 20.0. The van der Waals surface area contributed by atoms with Crippen LogP contribution in [0, 0.1) is 0 Å². The van der Waals surface area contributed by atoms with E-state index < -0.39 is 12.0 Å². The highest BCUT2D eigenvalue weighted by Crippen LogP contribution is 2.54. The van der Waals surface area contributed by atoms with E-state index in [-0.39, 0.29) is 17.5 Å². The topological polar surface area (TPSA) is 115 Å². The van der Waals surface area contributed by atoms with Crippen LogP contribution in [0.15, 0.2) is 52.9 Å². The van der Waals surface area contributed by atoms with E-state index in [2.05, 4.69) is 26.6 Å². The predicted molar refractivity (Wildman–Crippen MR) is 132 cm³/mol. The van der Waals surface area contributed by atoms with Crippen LogP contribution in [0.3, 0.4) is 0 Å². The smallest absolute Gasteiger partial charge is 0.256 e. The average molecular weight is 508 g/mol. The van der Waals surface area contributed by atoms with Crippen molar-refractivity contribution < 1.29 is 9.90 Å². The van der Waals surface area contributed by atoms with Crippen molar-refractivity contribution in [3.8, 4) is 11.1 Å². The Balaban J connectivity index is 1.25. The van der Waals surface area contributed by atoms with Gasteiger partial charge in [-0.05, 0) is 47.5 Å². The summed E-state index contributed by atoms with van der Waals surface area (Å²) in [6.07, 6.45) is 4.63. The van der Waals surface area contributed by atoms with Crippen molar-refractivity contribution in [2.75, 3.05) is 6.54 Å². The molecule has 4 aromatic rings. The van der Waals surface area contributed by atoms with Gasteiger partial charge in [-0.15, -0.1) is 11.3 Å². The number of nitrogens with one attached hydrogen (secondary N) is 2. The average Bonchev–Trinajstić information content (AvgIpc) is 3.25. The Hall–Kier alpha value is -3.27. The highest BCUT2D eigenvalue weighted by atomic mass is 35.5. The third-order valence-electron chi connectivity index (χ3n) is 6.88. The van der Waals surface area contributed by atoms with Crippen molar-refractivity contribution in [2.24, 2.45) is 0 Å². The largest absolute Gasteiger partial charge is 0.378 e. The fraction of sp³-hybridized carbons (Fsp3) is 0.280. The van der Waals surface area contributed by atoms with E-state index in [4.69, 9.17) is 16.6 Å². The number of benzene rings is 1. The standard InChI is InChI=1S/C25H22ClN5O3S/c26-17-3-1-2-14(8-17)21(32)23(34)31-7-4-19-18(12-31)22(33)30-24(29-19)25(5-6-25)20-9-15(13-35-20)16-10-27-28-11-16/h1-3,8-11,13,21,32H,4-7,12H2,(H,27,28)(H,29,30,33)/t21-/m1/s1. The molecule has 1 atom stereocenters. The third kappa shape index (κ3) is 3.89. The van der Waals surface area contributed by atoms with Gasteiger partial charge < -0.3 is 15.0 Å². The number of carbonyl (C=O) groups is 1. The zero-order chi connectivity index (χ0) is 24.2. The van der Waals surface area contributed by atoms with E-state index >= 15 is 0 Å². The summed E-state index contributed by atoms with van der Waals surface area (Å²) >= 11 is 7.67. The zero-order valence-electron chi connectivity index (χ0n) is 18.6. The molecule has 1 fully saturated rings. The van der Waals surface area contributed by atoms with Crippen LogP contribution in [0.2, 0.25) is 5.02 Å². The second-order valence-corrected chi connectivity index (χ2v) is 10.4. The van der Waals surface area contributed by atoms with Gasteiger partial charge in [0.25, 0.3) is 11.5 Å². The molecule has 35 heavy (non-hydrogen) atoms. The molecule has 0 unspecified atom stereocenters. The maximum absolute atomic E-state index is 13.1. The third-order valence-corrected chi connectivity index (χ3v) is 8.25. The summed E-state index contributed by atoms with van der Waals surface area (Å²) < 4.78 is 0. The van der Waals surface area contributed by atoms with Gasteiger partial charge in [-0.2, -0.15) is 5.10 Å². The number of fused-ring (bicyclic) bond motifs is 1. The van der Waals surface area contributed by atoms with Gasteiger partial charge in [0.1, 0.15) is 5.82 Å². The van der Waals surface area contributed by atoms with E-state index in [0.29, 0.717) is 34.9 Å². The fourth-order valence-electron chi connectivity index (χ4n) is 4.70. The Morgan fingerprint density at radius 2 is 2.11 bits per heavy atom. The Bertz CT molecular complexity index is 1470. The monoisotopic (exact) mass is 507 g/mol. The minimum absolute atomic E-state index is 0.116. The number of carbonyl (C=O) groups excluding carboxylic acids is 1. The first-order valence-corrected chi connectivity index (χ1v) is 12.6. The number of nitrogens with zero attached hydrogens (tertiary/aromatic N) is 3. The number of halogens is 1. The van der Waals surface area contributed by atoms with E-state index in [0.717, 1.165) is 29.7 Å². The molecule has 4 heterocycles. The molecular weight excluding hydrogens is 486 g/mol. The van der Waals surface area contributed by atoms with Gasteiger partial charge in [-0.3, -0.25) is 14.7 Å². The number of aliphatic hydroxyl groups is 1. The molecule has 1 aliphatic carbocycles. The first-order valence-electron chi connectivity index (χ1n) is 11.4. The summed E-state index contributed by atoms with van der Waals surface area (Å²) in [5.74, 6) is 0.242. The van der Waals surface area contributed by atoms with Gasteiger partial charge in [-0.25, -0.2) is 4.98 Å². The van der Waals surface area contributed by atoms with Crippen LogP contribution in [0.4, 0.5) is 0 Å². The Labute approximate surface area is 209 Å². The van der Waals surface area contributed by atoms with Crippen LogP contribution in [0.1, 0.15) is 46.5 Å². The minimum Gasteiger partial charge on any atom is -0.378 e. The molecule has 8 nitrogen and oxygen atoms in total. The van der Waals surface area contributed by atoms with Gasteiger partial charge >= 0.3 is 0 Å². The molecule has 0 radical (unpaired) electrons. The maximum atomic E-state index is 13.1. The second kappa shape index (κ2) is 8.44. The van der Waals surface area contributed by atoms with E-state index in [1.165, 1.54) is 9.78 Å². The lowest BCUT2D eigenvalue weighted by Gasteiger charge is -2.30. The summed E-state index contributed by atoms with van der Waals surface area (Å²) in [6, 6.07) is 8.75. The van der Waals surface area contributed by atoms with Crippen LogP contribution in [0.25, 0.3) is 11.1 Å². The predicted octanol–water partition coefficient (Wildman–Crippen LogP) is 3.57. The lowest BCUT2D eigenvalue weighted by molar-refractivity contribution is -0.141. The highest BCUT2D eigenvalue weighted by molar-refractivity contribution is 7.10. The maximum Gasteiger partial charge on any atom is 0.256 e. The van der Waals surface area contributed by atoms with E-state index in [9.17, 15) is 14.7 Å². The summed E-state index contributed by atoms with van der Waals surface area (Å²) in [5.41, 5.74) is 3.26. The number of hydrogen-bond donors (Lipinski definition) is 3. The molecule has 1 aliphatic heterocycles. The molecule has 3 N–H and O–H groups in total. The SMILES string of the molecule is O=C([C@H](O)c1cccc(Cl)c1)N1CCc2nc(C3(c4cc(-c5cn[nH]c5)cs4)CC3)[nH]c(=O)c2C1. The van der Waals surface area contributed by atoms with Crippen molar-refractivity contribution in [3.63, 3.8) is 0 Å². The van der Waals surface area contributed by atoms with Crippen LogP contribution in [0.5, 0.6) is 0 Å². The second-order valence-electron chi connectivity index (χ2n) is 9.08. The number of rotatable bonds is 5. The lowest BCUT2D eigenvalue weighted by atomic mass is 10.00. The Morgan fingerprint density at radius 1 is 1.26 bits per heavy atom. The molecule has 0 saturated heterocycles. The molecule has 178 valence electrons. The molecule has 0 bridgehead atoms. The fourth-order valence-corrected chi connectivity index (χ4v) is 6.08. The van der Waals surface area contributed by atoms with Crippen LogP contribution in [-0.2, 0) is 23.2 Å². The van der Waals surface area contributed by atoms with E-state index in [1.54, 1.807) is 41.8 Å². The minimum atomic E-state index is -1.33. The molecule has 0 spiro atoms. The van der Waals surface area contributed by atoms with Crippen molar-refractivity contribution in [3.05, 3.63) is 91.0 Å². The first-order chi connectivity index (χ1) is 16.9. The number of amides is 1. The van der Waals surface area contributed by atoms with Crippen molar-refractivity contribution in [1.29, 1.82) is 0 Å². The molecule has 1 amide bonds. The van der Waals surface area contributed by atoms with Crippen molar-refractivity contribution in [2.45, 2.75) is 37.3 Å². The van der Waals surface area contributed by atoms with Gasteiger partial charge in [0.2, 0.25) is 0 Å². The number of thiophene rings is 1. The van der Waals surface area contributed by atoms with Crippen molar-refractivity contribution in [1.82, 2.24) is 25.1 Å². The molecule has 3 aromatic heterocycles. The van der Waals surface area contributed by atoms with Crippen LogP contribution < -0.4 is 5.56 Å². The van der Waals surface area contributed by atoms with E-state index in [1.807, 2.05) is 6.20 Å². The van der Waals surface area contributed by atoms with Gasteiger partial charge in [0.05, 0.1) is 29.4 Å². The molecule has 6 rings (SSSR count). The number of aromatic nitrogens is 4. The van der Waals surface area contributed by atoms with Crippen molar-refractivity contribution >= 4 is 28.8 Å². The number of hydrogen-bond acceptors (Lipinski definition) is 6.